The highest BCUT2D eigenvalue weighted by Crippen LogP contribution is 2.30. The van der Waals surface area contributed by atoms with Gasteiger partial charge in [-0.1, -0.05) is 24.3 Å². The number of ether oxygens (including phenoxy) is 2. The molecule has 0 aliphatic heterocycles. The Kier molecular flexibility index (Phi) is 11.0. The molecule has 0 aliphatic rings. The van der Waals surface area contributed by atoms with Crippen molar-refractivity contribution in [1.29, 1.82) is 0 Å². The van der Waals surface area contributed by atoms with Crippen molar-refractivity contribution in [3.63, 3.8) is 0 Å². The summed E-state index contributed by atoms with van der Waals surface area (Å²) < 4.78 is 13.3. The van der Waals surface area contributed by atoms with E-state index in [2.05, 4.69) is 39.9 Å². The number of para-hydroxylation sites is 1. The zero-order valence-electron chi connectivity index (χ0n) is 19.7. The Balaban J connectivity index is 0.00000385. The van der Waals surface area contributed by atoms with Crippen LogP contribution in [0.5, 0.6) is 11.5 Å². The lowest BCUT2D eigenvalue weighted by Crippen LogP contribution is -2.39. The Morgan fingerprint density at radius 3 is 2.48 bits per heavy atom. The first kappa shape index (κ1) is 26.5. The van der Waals surface area contributed by atoms with Crippen LogP contribution in [-0.2, 0) is 6.42 Å². The highest BCUT2D eigenvalue weighted by atomic mass is 127. The number of hydrogen-bond donors (Lipinski definition) is 2. The van der Waals surface area contributed by atoms with Crippen molar-refractivity contribution >= 4 is 29.9 Å². The standard InChI is InChI=1S/C25H33N5O2.HI/c1-5-31-23-13-12-21(16-24(23)32-6-2)19(3)29-25(26-4)27-15-14-20-17-28-30(18-20)22-10-8-7-9-11-22;/h7-13,16-19H,5-6,14-15H2,1-4H3,(H2,26,27,29);1H. The highest BCUT2D eigenvalue weighted by Gasteiger charge is 2.12. The monoisotopic (exact) mass is 563 g/mol. The van der Waals surface area contributed by atoms with Crippen LogP contribution in [0.4, 0.5) is 0 Å². The number of rotatable bonds is 10. The molecule has 33 heavy (non-hydrogen) atoms. The van der Waals surface area contributed by atoms with Crippen LogP contribution in [0.15, 0.2) is 65.9 Å². The average Bonchev–Trinajstić information content (AvgIpc) is 3.29. The highest BCUT2D eigenvalue weighted by molar-refractivity contribution is 14.0. The minimum atomic E-state index is 0. The maximum absolute atomic E-state index is 5.75. The second-order valence-corrected chi connectivity index (χ2v) is 7.32. The molecular weight excluding hydrogens is 529 g/mol. The molecule has 3 aromatic rings. The summed E-state index contributed by atoms with van der Waals surface area (Å²) in [6.45, 7) is 7.99. The van der Waals surface area contributed by atoms with Gasteiger partial charge in [0, 0.05) is 19.8 Å². The molecule has 1 heterocycles. The van der Waals surface area contributed by atoms with Crippen LogP contribution in [0, 0.1) is 0 Å². The molecule has 0 bridgehead atoms. The second-order valence-electron chi connectivity index (χ2n) is 7.32. The smallest absolute Gasteiger partial charge is 0.191 e. The third kappa shape index (κ3) is 7.66. The van der Waals surface area contributed by atoms with Crippen molar-refractivity contribution in [3.8, 4) is 17.2 Å². The maximum atomic E-state index is 5.75. The van der Waals surface area contributed by atoms with Crippen LogP contribution in [0.2, 0.25) is 0 Å². The zero-order valence-corrected chi connectivity index (χ0v) is 22.1. The van der Waals surface area contributed by atoms with Crippen LogP contribution in [0.3, 0.4) is 0 Å². The Bertz CT molecular complexity index is 1010. The number of aromatic nitrogens is 2. The van der Waals surface area contributed by atoms with Gasteiger partial charge < -0.3 is 20.1 Å². The molecule has 0 spiro atoms. The fraction of sp³-hybridized carbons (Fsp3) is 0.360. The summed E-state index contributed by atoms with van der Waals surface area (Å²) in [5.74, 6) is 2.28. The van der Waals surface area contributed by atoms with Crippen molar-refractivity contribution in [2.24, 2.45) is 4.99 Å². The molecule has 2 aromatic carbocycles. The minimum absolute atomic E-state index is 0. The van der Waals surface area contributed by atoms with E-state index in [-0.39, 0.29) is 30.0 Å². The molecule has 3 rings (SSSR count). The Hall–Kier alpha value is -2.75. The molecule has 7 nitrogen and oxygen atoms in total. The van der Waals surface area contributed by atoms with Gasteiger partial charge in [-0.05, 0) is 62.6 Å². The van der Waals surface area contributed by atoms with Gasteiger partial charge >= 0.3 is 0 Å². The summed E-state index contributed by atoms with van der Waals surface area (Å²) >= 11 is 0. The van der Waals surface area contributed by atoms with Gasteiger partial charge in [-0.2, -0.15) is 5.10 Å². The van der Waals surface area contributed by atoms with E-state index in [4.69, 9.17) is 9.47 Å². The molecule has 2 N–H and O–H groups in total. The summed E-state index contributed by atoms with van der Waals surface area (Å²) in [6.07, 6.45) is 4.81. The normalized spacial score (nSPS) is 11.9. The van der Waals surface area contributed by atoms with Crippen molar-refractivity contribution in [2.45, 2.75) is 33.2 Å². The number of guanidine groups is 1. The third-order valence-electron chi connectivity index (χ3n) is 5.01. The van der Waals surface area contributed by atoms with E-state index in [1.54, 1.807) is 7.05 Å². The van der Waals surface area contributed by atoms with Gasteiger partial charge in [0.2, 0.25) is 0 Å². The summed E-state index contributed by atoms with van der Waals surface area (Å²) in [5.41, 5.74) is 3.32. The van der Waals surface area contributed by atoms with Gasteiger partial charge in [0.1, 0.15) is 0 Å². The lowest BCUT2D eigenvalue weighted by Gasteiger charge is -2.20. The van der Waals surface area contributed by atoms with Crippen LogP contribution in [0.25, 0.3) is 5.69 Å². The lowest BCUT2D eigenvalue weighted by molar-refractivity contribution is 0.287. The van der Waals surface area contributed by atoms with E-state index in [0.717, 1.165) is 47.2 Å². The molecule has 1 unspecified atom stereocenters. The van der Waals surface area contributed by atoms with Gasteiger partial charge in [-0.3, -0.25) is 4.99 Å². The van der Waals surface area contributed by atoms with Crippen LogP contribution in [-0.4, -0.2) is 42.5 Å². The number of nitrogens with one attached hydrogen (secondary N) is 2. The third-order valence-corrected chi connectivity index (χ3v) is 5.01. The van der Waals surface area contributed by atoms with Crippen molar-refractivity contribution in [2.75, 3.05) is 26.8 Å². The topological polar surface area (TPSA) is 72.7 Å². The molecule has 1 atom stereocenters. The van der Waals surface area contributed by atoms with Crippen molar-refractivity contribution in [3.05, 3.63) is 72.1 Å². The van der Waals surface area contributed by atoms with E-state index in [9.17, 15) is 0 Å². The van der Waals surface area contributed by atoms with E-state index >= 15 is 0 Å². The predicted octanol–water partition coefficient (Wildman–Crippen LogP) is 4.76. The molecule has 178 valence electrons. The fourth-order valence-electron chi connectivity index (χ4n) is 3.36. The first-order valence-corrected chi connectivity index (χ1v) is 11.1. The Morgan fingerprint density at radius 2 is 1.79 bits per heavy atom. The number of nitrogens with zero attached hydrogens (tertiary/aromatic N) is 3. The Morgan fingerprint density at radius 1 is 1.06 bits per heavy atom. The maximum Gasteiger partial charge on any atom is 0.191 e. The van der Waals surface area contributed by atoms with E-state index in [0.29, 0.717) is 13.2 Å². The average molecular weight is 563 g/mol. The fourth-order valence-corrected chi connectivity index (χ4v) is 3.36. The van der Waals surface area contributed by atoms with Gasteiger partial charge in [0.05, 0.1) is 31.1 Å². The second kappa shape index (κ2) is 13.7. The summed E-state index contributed by atoms with van der Waals surface area (Å²) in [6, 6.07) is 16.2. The predicted molar refractivity (Wildman–Crippen MR) is 144 cm³/mol. The van der Waals surface area contributed by atoms with E-state index in [1.165, 1.54) is 0 Å². The first-order chi connectivity index (χ1) is 15.6. The largest absolute Gasteiger partial charge is 0.490 e. The first-order valence-electron chi connectivity index (χ1n) is 11.1. The van der Waals surface area contributed by atoms with Gasteiger partial charge in [0.15, 0.2) is 17.5 Å². The van der Waals surface area contributed by atoms with Gasteiger partial charge in [-0.25, -0.2) is 4.68 Å². The Labute approximate surface area is 213 Å². The number of hydrogen-bond acceptors (Lipinski definition) is 4. The number of aliphatic imine (C=N–C) groups is 1. The summed E-state index contributed by atoms with van der Waals surface area (Å²) in [5, 5.41) is 11.3. The number of benzene rings is 2. The quantitative estimate of drug-likeness (QED) is 0.212. The van der Waals surface area contributed by atoms with Gasteiger partial charge in [0.25, 0.3) is 0 Å². The van der Waals surface area contributed by atoms with E-state index < -0.39 is 0 Å². The number of halogens is 1. The summed E-state index contributed by atoms with van der Waals surface area (Å²) in [7, 11) is 1.78. The molecule has 0 saturated heterocycles. The molecule has 0 radical (unpaired) electrons. The minimum Gasteiger partial charge on any atom is -0.490 e. The molecule has 0 amide bonds. The molecular formula is C25H34IN5O2. The van der Waals surface area contributed by atoms with Crippen LogP contribution >= 0.6 is 24.0 Å². The van der Waals surface area contributed by atoms with Crippen molar-refractivity contribution in [1.82, 2.24) is 20.4 Å². The molecule has 0 saturated carbocycles. The molecule has 0 aliphatic carbocycles. The molecule has 8 heteroatoms. The van der Waals surface area contributed by atoms with E-state index in [1.807, 2.05) is 67.2 Å². The molecule has 1 aromatic heterocycles. The van der Waals surface area contributed by atoms with Crippen molar-refractivity contribution < 1.29 is 9.47 Å². The SMILES string of the molecule is CCOc1ccc(C(C)NC(=NC)NCCc2cnn(-c3ccccc3)c2)cc1OCC.I. The van der Waals surface area contributed by atoms with Gasteiger partial charge in [-0.15, -0.1) is 24.0 Å². The summed E-state index contributed by atoms with van der Waals surface area (Å²) in [4.78, 5) is 4.36. The molecule has 0 fully saturated rings. The lowest BCUT2D eigenvalue weighted by atomic mass is 10.1. The van der Waals surface area contributed by atoms with Crippen LogP contribution in [0.1, 0.15) is 37.9 Å². The zero-order chi connectivity index (χ0) is 22.8. The van der Waals surface area contributed by atoms with Crippen LogP contribution < -0.4 is 20.1 Å².